The number of nitrogens with one attached hydrogen (secondary N) is 1. The minimum atomic E-state index is -3.42. The van der Waals surface area contributed by atoms with E-state index in [1.807, 2.05) is 43.3 Å². The molecule has 5 heteroatoms. The molecule has 1 N–H and O–H groups in total. The molecule has 2 atom stereocenters. The second-order valence-corrected chi connectivity index (χ2v) is 6.10. The third kappa shape index (κ3) is 4.47. The number of rotatable bonds is 6. The van der Waals surface area contributed by atoms with E-state index in [1.165, 1.54) is 0 Å². The van der Waals surface area contributed by atoms with Gasteiger partial charge in [-0.25, -0.2) is 8.42 Å². The minimum absolute atomic E-state index is 0.00477. The van der Waals surface area contributed by atoms with Crippen LogP contribution in [0.2, 0.25) is 0 Å². The topological polar surface area (TPSA) is 70.0 Å². The van der Waals surface area contributed by atoms with Crippen molar-refractivity contribution in [1.29, 1.82) is 5.26 Å². The van der Waals surface area contributed by atoms with Crippen molar-refractivity contribution in [2.45, 2.75) is 32.2 Å². The van der Waals surface area contributed by atoms with Crippen LogP contribution in [0.15, 0.2) is 30.3 Å². The van der Waals surface area contributed by atoms with E-state index in [4.69, 9.17) is 5.26 Å². The van der Waals surface area contributed by atoms with Crippen molar-refractivity contribution in [3.8, 4) is 6.07 Å². The summed E-state index contributed by atoms with van der Waals surface area (Å²) in [5.41, 5.74) is 0.980. The Morgan fingerprint density at radius 1 is 1.33 bits per heavy atom. The van der Waals surface area contributed by atoms with Crippen molar-refractivity contribution >= 4 is 10.0 Å². The van der Waals surface area contributed by atoms with Crippen LogP contribution < -0.4 is 4.72 Å². The third-order valence-electron chi connectivity index (χ3n) is 2.72. The number of sulfonamides is 1. The van der Waals surface area contributed by atoms with Gasteiger partial charge in [0.2, 0.25) is 10.0 Å². The van der Waals surface area contributed by atoms with Crippen molar-refractivity contribution in [2.24, 2.45) is 0 Å². The Hall–Kier alpha value is -1.38. The summed E-state index contributed by atoms with van der Waals surface area (Å²) in [5.74, 6) is -0.102. The van der Waals surface area contributed by atoms with Gasteiger partial charge < -0.3 is 0 Å². The van der Waals surface area contributed by atoms with E-state index in [-0.39, 0.29) is 11.7 Å². The zero-order chi connectivity index (χ0) is 13.6. The molecule has 0 aromatic heterocycles. The molecular weight excluding hydrogens is 248 g/mol. The summed E-state index contributed by atoms with van der Waals surface area (Å²) in [6.45, 7) is 3.64. The maximum atomic E-state index is 11.9. The van der Waals surface area contributed by atoms with Crippen molar-refractivity contribution in [2.75, 3.05) is 5.75 Å². The second kappa shape index (κ2) is 6.53. The largest absolute Gasteiger partial charge is 0.213 e. The molecule has 2 unspecified atom stereocenters. The smallest absolute Gasteiger partial charge is 0.212 e. The number of nitriles is 1. The van der Waals surface area contributed by atoms with Crippen LogP contribution in [0.5, 0.6) is 0 Å². The van der Waals surface area contributed by atoms with E-state index in [0.29, 0.717) is 6.42 Å². The summed E-state index contributed by atoms with van der Waals surface area (Å²) in [5, 5.41) is 8.76. The lowest BCUT2D eigenvalue weighted by Gasteiger charge is -2.14. The molecule has 0 saturated heterocycles. The average Bonchev–Trinajstić information content (AvgIpc) is 2.36. The van der Waals surface area contributed by atoms with Gasteiger partial charge in [-0.3, -0.25) is 0 Å². The monoisotopic (exact) mass is 266 g/mol. The molecule has 0 fully saturated rings. The molecule has 0 aliphatic carbocycles. The molecule has 0 aliphatic rings. The molecule has 0 aliphatic heterocycles. The van der Waals surface area contributed by atoms with Gasteiger partial charge in [-0.05, 0) is 17.9 Å². The summed E-state index contributed by atoms with van der Waals surface area (Å²) >= 11 is 0. The highest BCUT2D eigenvalue weighted by molar-refractivity contribution is 7.89. The summed E-state index contributed by atoms with van der Waals surface area (Å²) in [6, 6.07) is 10.8. The van der Waals surface area contributed by atoms with Crippen molar-refractivity contribution in [3.05, 3.63) is 35.9 Å². The molecule has 1 aromatic rings. The zero-order valence-electron chi connectivity index (χ0n) is 10.6. The van der Waals surface area contributed by atoms with Gasteiger partial charge in [0.05, 0.1) is 11.8 Å². The normalized spacial score (nSPS) is 14.7. The Labute approximate surface area is 109 Å². The Morgan fingerprint density at radius 3 is 2.44 bits per heavy atom. The fourth-order valence-corrected chi connectivity index (χ4v) is 3.27. The van der Waals surface area contributed by atoms with Gasteiger partial charge in [-0.2, -0.15) is 9.98 Å². The van der Waals surface area contributed by atoms with Gasteiger partial charge in [-0.1, -0.05) is 44.2 Å². The summed E-state index contributed by atoms with van der Waals surface area (Å²) in [4.78, 5) is 0. The number of nitrogens with zero attached hydrogens (tertiary/aromatic N) is 1. The predicted molar refractivity (Wildman–Crippen MR) is 71.5 cm³/mol. The number of benzene rings is 1. The predicted octanol–water partition coefficient (Wildman–Crippen LogP) is 2.01. The first-order valence-corrected chi connectivity index (χ1v) is 7.58. The van der Waals surface area contributed by atoms with Crippen LogP contribution in [0.3, 0.4) is 0 Å². The van der Waals surface area contributed by atoms with E-state index >= 15 is 0 Å². The van der Waals surface area contributed by atoms with E-state index in [1.54, 1.807) is 6.92 Å². The van der Waals surface area contributed by atoms with Gasteiger partial charge in [0, 0.05) is 0 Å². The molecule has 98 valence electrons. The molecule has 0 saturated carbocycles. The van der Waals surface area contributed by atoms with Crippen LogP contribution in [0.25, 0.3) is 0 Å². The van der Waals surface area contributed by atoms with E-state index in [2.05, 4.69) is 4.72 Å². The van der Waals surface area contributed by atoms with Crippen LogP contribution in [0.4, 0.5) is 0 Å². The fraction of sp³-hybridized carbons (Fsp3) is 0.462. The van der Waals surface area contributed by atoms with Crippen LogP contribution in [0.1, 0.15) is 31.7 Å². The summed E-state index contributed by atoms with van der Waals surface area (Å²) in [7, 11) is -3.42. The van der Waals surface area contributed by atoms with Crippen LogP contribution in [-0.2, 0) is 10.0 Å². The molecule has 0 amide bonds. The summed E-state index contributed by atoms with van der Waals surface area (Å²) in [6.07, 6.45) is 0.468. The lowest BCUT2D eigenvalue weighted by molar-refractivity contribution is 0.564. The third-order valence-corrected chi connectivity index (χ3v) is 4.31. The highest BCUT2D eigenvalue weighted by Gasteiger charge is 2.20. The highest BCUT2D eigenvalue weighted by Crippen LogP contribution is 2.16. The van der Waals surface area contributed by atoms with Crippen LogP contribution >= 0.6 is 0 Å². The van der Waals surface area contributed by atoms with Crippen molar-refractivity contribution in [1.82, 2.24) is 4.72 Å². The lowest BCUT2D eigenvalue weighted by Crippen LogP contribution is -2.36. The zero-order valence-corrected chi connectivity index (χ0v) is 11.4. The maximum absolute atomic E-state index is 11.9. The fourth-order valence-electron chi connectivity index (χ4n) is 1.67. The van der Waals surface area contributed by atoms with E-state index in [9.17, 15) is 8.42 Å². The SMILES string of the molecule is CCC(C#N)NS(=O)(=O)CC(C)c1ccccc1. The lowest BCUT2D eigenvalue weighted by atomic mass is 10.0. The Balaban J connectivity index is 2.70. The molecule has 0 bridgehead atoms. The molecule has 0 heterocycles. The van der Waals surface area contributed by atoms with Gasteiger partial charge >= 0.3 is 0 Å². The average molecular weight is 266 g/mol. The van der Waals surface area contributed by atoms with E-state index in [0.717, 1.165) is 5.56 Å². The first-order chi connectivity index (χ1) is 8.48. The Kier molecular flexibility index (Phi) is 5.32. The molecule has 1 rings (SSSR count). The quantitative estimate of drug-likeness (QED) is 0.856. The molecule has 0 radical (unpaired) electrons. The number of hydrogen-bond acceptors (Lipinski definition) is 3. The van der Waals surface area contributed by atoms with Gasteiger partial charge in [0.15, 0.2) is 0 Å². The first kappa shape index (κ1) is 14.7. The van der Waals surface area contributed by atoms with E-state index < -0.39 is 16.1 Å². The van der Waals surface area contributed by atoms with Crippen LogP contribution in [0, 0.1) is 11.3 Å². The molecule has 18 heavy (non-hydrogen) atoms. The Bertz CT molecular complexity index is 506. The highest BCUT2D eigenvalue weighted by atomic mass is 32.2. The Morgan fingerprint density at radius 2 is 1.94 bits per heavy atom. The molecule has 4 nitrogen and oxygen atoms in total. The minimum Gasteiger partial charge on any atom is -0.212 e. The second-order valence-electron chi connectivity index (χ2n) is 4.30. The number of hydrogen-bond donors (Lipinski definition) is 1. The molecule has 0 spiro atoms. The van der Waals surface area contributed by atoms with Gasteiger partial charge in [-0.15, -0.1) is 0 Å². The van der Waals surface area contributed by atoms with Crippen molar-refractivity contribution < 1.29 is 8.42 Å². The molecular formula is C13H18N2O2S. The first-order valence-electron chi connectivity index (χ1n) is 5.93. The van der Waals surface area contributed by atoms with Gasteiger partial charge in [0.1, 0.15) is 6.04 Å². The summed E-state index contributed by atoms with van der Waals surface area (Å²) < 4.78 is 26.2. The molecule has 1 aromatic carbocycles. The maximum Gasteiger partial charge on any atom is 0.213 e. The standard InChI is InChI=1S/C13H18N2O2S/c1-3-13(9-14)15-18(16,17)10-11(2)12-7-5-4-6-8-12/h4-8,11,13,15H,3,10H2,1-2H3. The van der Waals surface area contributed by atoms with Crippen LogP contribution in [-0.4, -0.2) is 20.2 Å². The van der Waals surface area contributed by atoms with Gasteiger partial charge in [0.25, 0.3) is 0 Å². The van der Waals surface area contributed by atoms with Crippen molar-refractivity contribution in [3.63, 3.8) is 0 Å².